The van der Waals surface area contributed by atoms with E-state index < -0.39 is 5.60 Å². The maximum Gasteiger partial charge on any atom is 0.407 e. The Balaban J connectivity index is 1.87. The molecule has 2 unspecified atom stereocenters. The van der Waals surface area contributed by atoms with E-state index in [1.165, 1.54) is 0 Å². The highest BCUT2D eigenvalue weighted by Gasteiger charge is 2.42. The summed E-state index contributed by atoms with van der Waals surface area (Å²) in [6.07, 6.45) is 1.91. The van der Waals surface area contributed by atoms with Crippen LogP contribution in [0.4, 0.5) is 4.79 Å². The van der Waals surface area contributed by atoms with Crippen molar-refractivity contribution in [3.05, 3.63) is 0 Å². The molecule has 0 aromatic carbocycles. The van der Waals surface area contributed by atoms with Gasteiger partial charge in [0, 0.05) is 38.7 Å². The van der Waals surface area contributed by atoms with Crippen molar-refractivity contribution in [2.24, 2.45) is 16.3 Å². The van der Waals surface area contributed by atoms with Gasteiger partial charge in [0.1, 0.15) is 5.60 Å². The quantitative estimate of drug-likeness (QED) is 0.588. The van der Waals surface area contributed by atoms with Crippen molar-refractivity contribution in [3.63, 3.8) is 0 Å². The zero-order chi connectivity index (χ0) is 19.4. The van der Waals surface area contributed by atoms with Crippen molar-refractivity contribution in [2.75, 3.05) is 39.9 Å². The average Bonchev–Trinajstić information content (AvgIpc) is 3.15. The minimum absolute atomic E-state index is 0.0343. The number of hydrogen-bond donors (Lipinski definition) is 2. The molecule has 2 saturated heterocycles. The van der Waals surface area contributed by atoms with Crippen LogP contribution in [0.1, 0.15) is 47.5 Å². The summed E-state index contributed by atoms with van der Waals surface area (Å²) in [7, 11) is 1.81. The molecule has 2 heterocycles. The fraction of sp³-hybridized carbons (Fsp3) is 0.895. The molecule has 1 amide bonds. The van der Waals surface area contributed by atoms with Gasteiger partial charge in [0.15, 0.2) is 5.96 Å². The number of guanidine groups is 1. The van der Waals surface area contributed by atoms with E-state index in [-0.39, 0.29) is 18.1 Å². The van der Waals surface area contributed by atoms with Crippen molar-refractivity contribution in [1.82, 2.24) is 15.5 Å². The number of aliphatic imine (C=N–C) groups is 1. The molecule has 0 radical (unpaired) electrons. The van der Waals surface area contributed by atoms with Crippen LogP contribution in [0, 0.1) is 11.3 Å². The molecule has 2 atom stereocenters. The van der Waals surface area contributed by atoms with Crippen LogP contribution in [-0.4, -0.2) is 68.5 Å². The summed E-state index contributed by atoms with van der Waals surface area (Å²) in [6.45, 7) is 14.1. The number of ether oxygens (including phenoxy) is 2. The van der Waals surface area contributed by atoms with Crippen LogP contribution in [-0.2, 0) is 9.47 Å². The molecule has 150 valence electrons. The molecule has 0 aromatic heterocycles. The van der Waals surface area contributed by atoms with E-state index in [9.17, 15) is 4.79 Å². The van der Waals surface area contributed by atoms with Gasteiger partial charge in [-0.15, -0.1) is 0 Å². The summed E-state index contributed by atoms with van der Waals surface area (Å²) in [5.41, 5.74) is -0.202. The third-order valence-electron chi connectivity index (χ3n) is 5.12. The number of nitrogens with one attached hydrogen (secondary N) is 2. The maximum absolute atomic E-state index is 12.1. The fourth-order valence-electron chi connectivity index (χ4n) is 3.53. The van der Waals surface area contributed by atoms with E-state index in [0.717, 1.165) is 45.1 Å². The van der Waals surface area contributed by atoms with Gasteiger partial charge in [0.25, 0.3) is 0 Å². The second kappa shape index (κ2) is 8.46. The monoisotopic (exact) mass is 368 g/mol. The number of nitrogens with zero attached hydrogens (tertiary/aromatic N) is 2. The van der Waals surface area contributed by atoms with E-state index in [4.69, 9.17) is 9.47 Å². The molecule has 2 aliphatic heterocycles. The van der Waals surface area contributed by atoms with Gasteiger partial charge in [-0.05, 0) is 39.5 Å². The van der Waals surface area contributed by atoms with Crippen LogP contribution in [0.5, 0.6) is 0 Å². The van der Waals surface area contributed by atoms with Crippen LogP contribution in [0.25, 0.3) is 0 Å². The van der Waals surface area contributed by atoms with E-state index in [0.29, 0.717) is 12.0 Å². The molecule has 7 nitrogen and oxygen atoms in total. The highest BCUT2D eigenvalue weighted by atomic mass is 16.6. The summed E-state index contributed by atoms with van der Waals surface area (Å²) in [5.74, 6) is 1.17. The van der Waals surface area contributed by atoms with E-state index in [2.05, 4.69) is 34.4 Å². The van der Waals surface area contributed by atoms with Crippen LogP contribution >= 0.6 is 0 Å². The zero-order valence-corrected chi connectivity index (χ0v) is 17.2. The van der Waals surface area contributed by atoms with Gasteiger partial charge in [-0.2, -0.15) is 0 Å². The third kappa shape index (κ3) is 5.76. The molecule has 26 heavy (non-hydrogen) atoms. The Morgan fingerprint density at radius 2 is 2.08 bits per heavy atom. The molecule has 2 aliphatic rings. The third-order valence-corrected chi connectivity index (χ3v) is 5.12. The average molecular weight is 369 g/mol. The Bertz CT molecular complexity index is 507. The van der Waals surface area contributed by atoms with Crippen LogP contribution in [0.3, 0.4) is 0 Å². The van der Waals surface area contributed by atoms with Gasteiger partial charge in [-0.25, -0.2) is 4.79 Å². The predicted molar refractivity (Wildman–Crippen MR) is 103 cm³/mol. The Kier molecular flexibility index (Phi) is 6.77. The van der Waals surface area contributed by atoms with Crippen molar-refractivity contribution in [2.45, 2.75) is 59.1 Å². The number of likely N-dealkylation sites (tertiary alicyclic amines) is 1. The first kappa shape index (κ1) is 20.8. The number of carbonyl (C=O) groups is 1. The molecule has 1 spiro atoms. The lowest BCUT2D eigenvalue weighted by Gasteiger charge is -2.29. The molecule has 7 heteroatoms. The molecular weight excluding hydrogens is 332 g/mol. The standard InChI is InChI=1S/C19H36N4O3/c1-14(2)15(22-17(24)26-18(3,4)5)11-21-16(20-6)23-9-7-19(12-23)8-10-25-13-19/h14-15H,7-13H2,1-6H3,(H,20,21)(H,22,24). The minimum atomic E-state index is -0.498. The van der Waals surface area contributed by atoms with Crippen LogP contribution in [0.15, 0.2) is 4.99 Å². The molecule has 2 N–H and O–H groups in total. The van der Waals surface area contributed by atoms with Crippen LogP contribution < -0.4 is 10.6 Å². The van der Waals surface area contributed by atoms with Gasteiger partial charge in [0.2, 0.25) is 0 Å². The molecule has 0 saturated carbocycles. The number of amides is 1. The van der Waals surface area contributed by atoms with Gasteiger partial charge >= 0.3 is 6.09 Å². The molecule has 0 aliphatic carbocycles. The van der Waals surface area contributed by atoms with Gasteiger partial charge in [0.05, 0.1) is 12.6 Å². The van der Waals surface area contributed by atoms with Crippen LogP contribution in [0.2, 0.25) is 0 Å². The fourth-order valence-corrected chi connectivity index (χ4v) is 3.53. The first-order valence-electron chi connectivity index (χ1n) is 9.67. The summed E-state index contributed by atoms with van der Waals surface area (Å²) >= 11 is 0. The van der Waals surface area contributed by atoms with Crippen molar-refractivity contribution in [3.8, 4) is 0 Å². The van der Waals surface area contributed by atoms with Gasteiger partial charge in [-0.1, -0.05) is 13.8 Å². The first-order chi connectivity index (χ1) is 12.1. The Morgan fingerprint density at radius 3 is 2.62 bits per heavy atom. The normalized spacial score (nSPS) is 25.0. The van der Waals surface area contributed by atoms with E-state index in [1.807, 2.05) is 27.8 Å². The Labute approximate surface area is 157 Å². The summed E-state index contributed by atoms with van der Waals surface area (Å²) in [6, 6.07) is -0.0343. The van der Waals surface area contributed by atoms with Gasteiger partial charge in [-0.3, -0.25) is 4.99 Å². The lowest BCUT2D eigenvalue weighted by Crippen LogP contribution is -2.51. The van der Waals surface area contributed by atoms with Crippen molar-refractivity contribution in [1.29, 1.82) is 0 Å². The molecule has 0 aromatic rings. The van der Waals surface area contributed by atoms with Gasteiger partial charge < -0.3 is 25.0 Å². The molecular formula is C19H36N4O3. The summed E-state index contributed by atoms with van der Waals surface area (Å²) in [4.78, 5) is 18.8. The predicted octanol–water partition coefficient (Wildman–Crippen LogP) is 2.22. The topological polar surface area (TPSA) is 75.2 Å². The van der Waals surface area contributed by atoms with Crippen molar-refractivity contribution >= 4 is 12.1 Å². The molecule has 0 bridgehead atoms. The largest absolute Gasteiger partial charge is 0.444 e. The highest BCUT2D eigenvalue weighted by Crippen LogP contribution is 2.38. The Morgan fingerprint density at radius 1 is 1.35 bits per heavy atom. The number of hydrogen-bond acceptors (Lipinski definition) is 4. The second-order valence-electron chi connectivity index (χ2n) is 8.90. The zero-order valence-electron chi connectivity index (χ0n) is 17.2. The SMILES string of the molecule is CN=C(NCC(NC(=O)OC(C)(C)C)C(C)C)N1CCC2(CCOC2)C1. The second-order valence-corrected chi connectivity index (χ2v) is 8.90. The van der Waals surface area contributed by atoms with Crippen molar-refractivity contribution < 1.29 is 14.3 Å². The number of carbonyl (C=O) groups excluding carboxylic acids is 1. The molecule has 2 rings (SSSR count). The minimum Gasteiger partial charge on any atom is -0.444 e. The maximum atomic E-state index is 12.1. The first-order valence-corrected chi connectivity index (χ1v) is 9.67. The summed E-state index contributed by atoms with van der Waals surface area (Å²) < 4.78 is 11.0. The lowest BCUT2D eigenvalue weighted by atomic mass is 9.87. The Hall–Kier alpha value is -1.50. The lowest BCUT2D eigenvalue weighted by molar-refractivity contribution is 0.0491. The smallest absolute Gasteiger partial charge is 0.407 e. The number of rotatable bonds is 4. The summed E-state index contributed by atoms with van der Waals surface area (Å²) in [5, 5.41) is 6.41. The molecule has 2 fully saturated rings. The highest BCUT2D eigenvalue weighted by molar-refractivity contribution is 5.80. The van der Waals surface area contributed by atoms with E-state index in [1.54, 1.807) is 0 Å². The number of alkyl carbamates (subject to hydrolysis) is 1. The van der Waals surface area contributed by atoms with E-state index >= 15 is 0 Å².